The van der Waals surface area contributed by atoms with Crippen molar-refractivity contribution in [3.05, 3.63) is 11.8 Å². The monoisotopic (exact) mass is 204 g/mol. The molecule has 0 aliphatic heterocycles. The van der Waals surface area contributed by atoms with Crippen LogP contribution in [0.25, 0.3) is 0 Å². The summed E-state index contributed by atoms with van der Waals surface area (Å²) < 4.78 is 25.0. The second-order valence-electron chi connectivity index (χ2n) is 2.88. The molecule has 1 aromatic rings. The number of carbonyl (C=O) groups excluding carboxylic acids is 1. The van der Waals surface area contributed by atoms with Crippen molar-refractivity contribution in [2.45, 2.75) is 6.55 Å². The SMILES string of the molecule is CN(C)C(=O)c1cc(N)nn1C(F)F. The van der Waals surface area contributed by atoms with Gasteiger partial charge in [-0.15, -0.1) is 5.10 Å². The van der Waals surface area contributed by atoms with Gasteiger partial charge in [-0.2, -0.15) is 13.5 Å². The maximum atomic E-state index is 12.3. The number of aromatic nitrogens is 2. The van der Waals surface area contributed by atoms with Crippen molar-refractivity contribution >= 4 is 11.7 Å². The molecule has 0 aromatic carbocycles. The molecular formula is C7H10F2N4O. The molecule has 0 saturated carbocycles. The van der Waals surface area contributed by atoms with Gasteiger partial charge in [-0.3, -0.25) is 4.79 Å². The van der Waals surface area contributed by atoms with Gasteiger partial charge in [0.2, 0.25) is 0 Å². The first-order valence-electron chi connectivity index (χ1n) is 3.78. The van der Waals surface area contributed by atoms with Gasteiger partial charge >= 0.3 is 6.55 Å². The summed E-state index contributed by atoms with van der Waals surface area (Å²) in [6.07, 6.45) is 0. The van der Waals surface area contributed by atoms with Crippen molar-refractivity contribution in [3.63, 3.8) is 0 Å². The van der Waals surface area contributed by atoms with Gasteiger partial charge in [0.1, 0.15) is 11.5 Å². The van der Waals surface area contributed by atoms with E-state index in [0.29, 0.717) is 4.68 Å². The molecule has 0 bridgehead atoms. The van der Waals surface area contributed by atoms with Gasteiger partial charge in [-0.1, -0.05) is 0 Å². The molecule has 1 aromatic heterocycles. The summed E-state index contributed by atoms with van der Waals surface area (Å²) >= 11 is 0. The van der Waals surface area contributed by atoms with E-state index in [1.54, 1.807) is 0 Å². The van der Waals surface area contributed by atoms with E-state index >= 15 is 0 Å². The molecule has 0 fully saturated rings. The van der Waals surface area contributed by atoms with Crippen LogP contribution >= 0.6 is 0 Å². The molecule has 1 rings (SSSR count). The summed E-state index contributed by atoms with van der Waals surface area (Å²) in [7, 11) is 2.92. The lowest BCUT2D eigenvalue weighted by atomic mass is 10.4. The first kappa shape index (κ1) is 10.4. The minimum Gasteiger partial charge on any atom is -0.382 e. The van der Waals surface area contributed by atoms with Crippen molar-refractivity contribution < 1.29 is 13.6 Å². The topological polar surface area (TPSA) is 64.2 Å². The van der Waals surface area contributed by atoms with Crippen LogP contribution < -0.4 is 5.73 Å². The summed E-state index contributed by atoms with van der Waals surface area (Å²) in [4.78, 5) is 12.5. The van der Waals surface area contributed by atoms with Crippen LogP contribution in [0.4, 0.5) is 14.6 Å². The van der Waals surface area contributed by atoms with Crippen LogP contribution in [-0.4, -0.2) is 34.7 Å². The van der Waals surface area contributed by atoms with Crippen LogP contribution in [0, 0.1) is 0 Å². The summed E-state index contributed by atoms with van der Waals surface area (Å²) in [5.74, 6) is -0.662. The number of nitrogen functional groups attached to an aromatic ring is 1. The molecule has 0 aliphatic rings. The molecule has 1 heterocycles. The van der Waals surface area contributed by atoms with Crippen LogP contribution in [0.3, 0.4) is 0 Å². The van der Waals surface area contributed by atoms with Crippen molar-refractivity contribution in [3.8, 4) is 0 Å². The molecule has 2 N–H and O–H groups in total. The third kappa shape index (κ3) is 1.81. The van der Waals surface area contributed by atoms with E-state index in [2.05, 4.69) is 5.10 Å². The third-order valence-electron chi connectivity index (χ3n) is 1.56. The number of nitrogens with two attached hydrogens (primary N) is 1. The normalized spacial score (nSPS) is 10.6. The van der Waals surface area contributed by atoms with Crippen molar-refractivity contribution in [1.82, 2.24) is 14.7 Å². The Hall–Kier alpha value is -1.66. The van der Waals surface area contributed by atoms with Crippen LogP contribution in [-0.2, 0) is 0 Å². The number of anilines is 1. The first-order valence-corrected chi connectivity index (χ1v) is 3.78. The molecule has 0 unspecified atom stereocenters. The molecule has 0 atom stereocenters. The summed E-state index contributed by atoms with van der Waals surface area (Å²) in [6, 6.07) is 1.12. The van der Waals surface area contributed by atoms with Crippen molar-refractivity contribution in [2.24, 2.45) is 0 Å². The lowest BCUT2D eigenvalue weighted by Gasteiger charge is -2.10. The van der Waals surface area contributed by atoms with E-state index in [1.807, 2.05) is 0 Å². The fourth-order valence-electron chi connectivity index (χ4n) is 0.951. The fourth-order valence-corrected chi connectivity index (χ4v) is 0.951. The number of nitrogens with zero attached hydrogens (tertiary/aromatic N) is 3. The van der Waals surface area contributed by atoms with Gasteiger partial charge in [0, 0.05) is 20.2 Å². The quantitative estimate of drug-likeness (QED) is 0.765. The van der Waals surface area contributed by atoms with E-state index in [9.17, 15) is 13.6 Å². The standard InChI is InChI=1S/C7H10F2N4O/c1-12(2)6(14)4-3-5(10)11-13(4)7(8)9/h3,7H,1-2H3,(H2,10,11). The lowest BCUT2D eigenvalue weighted by molar-refractivity contribution is 0.0486. The van der Waals surface area contributed by atoms with E-state index < -0.39 is 12.5 Å². The Kier molecular flexibility index (Phi) is 2.68. The zero-order chi connectivity index (χ0) is 10.9. The fraction of sp³-hybridized carbons (Fsp3) is 0.429. The summed E-state index contributed by atoms with van der Waals surface area (Å²) in [5, 5.41) is 3.31. The zero-order valence-electron chi connectivity index (χ0n) is 7.74. The average Bonchev–Trinajstić information content (AvgIpc) is 2.45. The second-order valence-corrected chi connectivity index (χ2v) is 2.88. The Morgan fingerprint density at radius 3 is 2.64 bits per heavy atom. The number of hydrogen-bond acceptors (Lipinski definition) is 3. The van der Waals surface area contributed by atoms with Gasteiger partial charge in [-0.05, 0) is 0 Å². The van der Waals surface area contributed by atoms with E-state index in [4.69, 9.17) is 5.73 Å². The Morgan fingerprint density at radius 2 is 2.21 bits per heavy atom. The molecule has 78 valence electrons. The highest BCUT2D eigenvalue weighted by atomic mass is 19.3. The highest BCUT2D eigenvalue weighted by Crippen LogP contribution is 2.16. The Morgan fingerprint density at radius 1 is 1.64 bits per heavy atom. The maximum Gasteiger partial charge on any atom is 0.334 e. The first-order chi connectivity index (χ1) is 6.43. The number of amides is 1. The number of carbonyl (C=O) groups is 1. The van der Waals surface area contributed by atoms with Crippen LogP contribution in [0.5, 0.6) is 0 Å². The van der Waals surface area contributed by atoms with Crippen molar-refractivity contribution in [1.29, 1.82) is 0 Å². The summed E-state index contributed by atoms with van der Waals surface area (Å²) in [6.45, 7) is -2.87. The Bertz CT molecular complexity index is 347. The van der Waals surface area contributed by atoms with Gasteiger partial charge < -0.3 is 10.6 Å². The highest BCUT2D eigenvalue weighted by Gasteiger charge is 2.20. The van der Waals surface area contributed by atoms with Gasteiger partial charge in [0.25, 0.3) is 5.91 Å². The summed E-state index contributed by atoms with van der Waals surface area (Å²) in [5.41, 5.74) is 5.00. The average molecular weight is 204 g/mol. The molecule has 0 radical (unpaired) electrons. The predicted octanol–water partition coefficient (Wildman–Crippen LogP) is 0.562. The van der Waals surface area contributed by atoms with Crippen molar-refractivity contribution in [2.75, 3.05) is 19.8 Å². The number of halogens is 2. The Balaban J connectivity index is 3.13. The second kappa shape index (κ2) is 3.60. The minimum atomic E-state index is -2.87. The molecule has 5 nitrogen and oxygen atoms in total. The Labute approximate surface area is 79.1 Å². The molecule has 7 heteroatoms. The van der Waals surface area contributed by atoms with Crippen LogP contribution in [0.15, 0.2) is 6.07 Å². The smallest absolute Gasteiger partial charge is 0.334 e. The highest BCUT2D eigenvalue weighted by molar-refractivity contribution is 5.92. The molecule has 1 amide bonds. The number of hydrogen-bond donors (Lipinski definition) is 1. The van der Waals surface area contributed by atoms with Gasteiger partial charge in [0.05, 0.1) is 0 Å². The predicted molar refractivity (Wildman–Crippen MR) is 45.9 cm³/mol. The molecule has 14 heavy (non-hydrogen) atoms. The van der Waals surface area contributed by atoms with E-state index in [1.165, 1.54) is 19.0 Å². The van der Waals surface area contributed by atoms with Crippen LogP contribution in [0.1, 0.15) is 17.0 Å². The van der Waals surface area contributed by atoms with Gasteiger partial charge in [0.15, 0.2) is 0 Å². The molecular weight excluding hydrogens is 194 g/mol. The zero-order valence-corrected chi connectivity index (χ0v) is 7.74. The lowest BCUT2D eigenvalue weighted by Crippen LogP contribution is -2.25. The minimum absolute atomic E-state index is 0.101. The van der Waals surface area contributed by atoms with Crippen LogP contribution in [0.2, 0.25) is 0 Å². The van der Waals surface area contributed by atoms with E-state index in [-0.39, 0.29) is 11.5 Å². The largest absolute Gasteiger partial charge is 0.382 e. The van der Waals surface area contributed by atoms with E-state index in [0.717, 1.165) is 6.07 Å². The number of rotatable bonds is 2. The number of alkyl halides is 2. The third-order valence-corrected chi connectivity index (χ3v) is 1.56. The molecule has 0 aliphatic carbocycles. The maximum absolute atomic E-state index is 12.3. The molecule has 0 saturated heterocycles. The molecule has 0 spiro atoms. The van der Waals surface area contributed by atoms with Gasteiger partial charge in [-0.25, -0.2) is 0 Å².